The van der Waals surface area contributed by atoms with Gasteiger partial charge in [0.1, 0.15) is 23.5 Å². The van der Waals surface area contributed by atoms with Gasteiger partial charge in [0.15, 0.2) is 0 Å². The second-order valence-electron chi connectivity index (χ2n) is 21.1. The van der Waals surface area contributed by atoms with E-state index in [-0.39, 0.29) is 41.8 Å². The van der Waals surface area contributed by atoms with Gasteiger partial charge in [0, 0.05) is 36.1 Å². The molecule has 16 heteroatoms. The summed E-state index contributed by atoms with van der Waals surface area (Å²) in [5, 5.41) is 61.8. The molecule has 3 saturated carbocycles. The van der Waals surface area contributed by atoms with Gasteiger partial charge in [-0.1, -0.05) is 68.1 Å². The minimum Gasteiger partial charge on any atom is -0.477 e. The highest BCUT2D eigenvalue weighted by atomic mass is 35.5. The number of hydrogen-bond acceptors (Lipinski definition) is 12. The minimum atomic E-state index is -1.01. The van der Waals surface area contributed by atoms with Gasteiger partial charge in [-0.15, -0.1) is 0 Å². The van der Waals surface area contributed by atoms with Crippen LogP contribution in [0.4, 0.5) is 11.4 Å². The number of anilines is 2. The van der Waals surface area contributed by atoms with Crippen molar-refractivity contribution in [1.82, 2.24) is 14.9 Å². The van der Waals surface area contributed by atoms with Gasteiger partial charge in [-0.2, -0.15) is 20.7 Å². The number of nitriles is 2. The molecule has 0 bridgehead atoms. The average molecular weight is 1030 g/mol. The van der Waals surface area contributed by atoms with Gasteiger partial charge in [0.25, 0.3) is 5.91 Å². The monoisotopic (exact) mass is 1020 g/mol. The molecule has 3 N–H and O–H groups in total. The number of hydrogen-bond donors (Lipinski definition) is 3. The first kappa shape index (κ1) is 50.6. The van der Waals surface area contributed by atoms with E-state index in [0.717, 1.165) is 83.8 Å². The zero-order valence-corrected chi connectivity index (χ0v) is 42.7. The molecule has 1 amide bonds. The molecule has 12 rings (SSSR count). The van der Waals surface area contributed by atoms with Crippen molar-refractivity contribution in [3.63, 3.8) is 0 Å². The van der Waals surface area contributed by atoms with Crippen molar-refractivity contribution in [3.05, 3.63) is 116 Å². The van der Waals surface area contributed by atoms with E-state index in [1.165, 1.54) is 70.6 Å². The minimum absolute atomic E-state index is 0.0359. The summed E-state index contributed by atoms with van der Waals surface area (Å²) < 4.78 is 0. The molecular formula is C57H63Cl2N9O5. The first-order valence-corrected chi connectivity index (χ1v) is 27.3. The Hall–Kier alpha value is -5.90. The van der Waals surface area contributed by atoms with Crippen molar-refractivity contribution < 1.29 is 24.9 Å². The smallest absolute Gasteiger partial charge is 0.354 e. The summed E-state index contributed by atoms with van der Waals surface area (Å²) in [6.07, 6.45) is 20.0. The molecule has 4 aromatic rings. The van der Waals surface area contributed by atoms with Crippen molar-refractivity contribution in [2.75, 3.05) is 23.1 Å². The second-order valence-corrected chi connectivity index (χ2v) is 21.9. The second kappa shape index (κ2) is 22.3. The zero-order valence-electron chi connectivity index (χ0n) is 41.2. The van der Waals surface area contributed by atoms with Crippen LogP contribution in [0.3, 0.4) is 0 Å². The number of nitrogens with zero attached hydrogens (tertiary/aromatic N) is 9. The predicted octanol–water partition coefficient (Wildman–Crippen LogP) is 10.5. The number of carboxylic acid groups (broad SMARTS) is 1. The molecule has 380 valence electrons. The van der Waals surface area contributed by atoms with E-state index in [0.29, 0.717) is 70.6 Å². The lowest BCUT2D eigenvalue weighted by Crippen LogP contribution is -2.41. The number of carbonyl (C=O) groups excluding carboxylic acids is 1. The molecule has 14 nitrogen and oxygen atoms in total. The summed E-state index contributed by atoms with van der Waals surface area (Å²) in [5.74, 6) is 0.646. The fraction of sp³-hybridized carbons (Fsp3) is 0.509. The fourth-order valence-electron chi connectivity index (χ4n) is 12.9. The van der Waals surface area contributed by atoms with Crippen LogP contribution in [0.1, 0.15) is 164 Å². The van der Waals surface area contributed by atoms with Gasteiger partial charge in [-0.05, 0) is 150 Å². The maximum atomic E-state index is 13.1. The third kappa shape index (κ3) is 10.6. The van der Waals surface area contributed by atoms with Crippen LogP contribution in [0, 0.1) is 46.3 Å². The number of aromatic carboxylic acids is 1. The largest absolute Gasteiger partial charge is 0.477 e. The number of carboxylic acids is 1. The number of halogens is 2. The Morgan fingerprint density at radius 3 is 1.42 bits per heavy atom. The van der Waals surface area contributed by atoms with E-state index < -0.39 is 5.97 Å². The third-order valence-corrected chi connectivity index (χ3v) is 17.2. The number of piperidine rings is 1. The number of hydrazone groups is 2. The number of fused-ring (bicyclic) bond motifs is 6. The molecular weight excluding hydrogens is 962 g/mol. The first-order valence-electron chi connectivity index (χ1n) is 26.5. The molecule has 0 spiro atoms. The normalized spacial score (nSPS) is 23.8. The molecule has 4 fully saturated rings. The topological polar surface area (TPSA) is 203 Å². The number of carbonyl (C=O) groups is 2. The standard InChI is InChI=1S/C28H30ClN5O2.C23H21ClN4O2.C6H12O/c29-23-15-19(6-5-18(23)16-30)34-27(17-3-1-2-4-17)22-8-9-24-21(26(22)32-34)7-10-25(31-24)28(36)33-13-11-20(35)12-14-33;24-18-11-15(6-5-14(18)12-25)28-22(13-3-1-2-4-13)17-8-9-19-16(21(17)27-28)7-10-20(26-19)23(29)30;7-6-4-2-1-3-5-6/h5-7,10,15,17,20,22,27,35H,1-4,8-9,11-14H2;5-7,10-11,13,17,22H,1-4,8-9H2,(H,29,30);6-7H,1-5H2/t22-,27-;17-,22-;/m00./s1. The number of aryl methyl sites for hydroxylation is 2. The van der Waals surface area contributed by atoms with E-state index in [2.05, 4.69) is 27.1 Å². The average Bonchev–Trinajstić information content (AvgIpc) is 4.26. The Bertz CT molecular complexity index is 2870. The highest BCUT2D eigenvalue weighted by molar-refractivity contribution is 6.32. The lowest BCUT2D eigenvalue weighted by Gasteiger charge is -2.34. The third-order valence-electron chi connectivity index (χ3n) is 16.6. The SMILES string of the molecule is N#Cc1ccc(N2N=C3c4ccc(C(=O)N5CCC(O)CC5)nc4CC[C@@H]3[C@@H]2C2CCCC2)cc1Cl.N#Cc1ccc(N2N=C3c4ccc(C(=O)O)nc4CC[C@@H]3[C@@H]2C2CCCC2)cc1Cl.OC1CCCCC1. The van der Waals surface area contributed by atoms with Crippen molar-refractivity contribution >= 4 is 57.9 Å². The molecule has 4 atom stereocenters. The van der Waals surface area contributed by atoms with Crippen LogP contribution in [0.15, 0.2) is 70.9 Å². The molecule has 8 aliphatic rings. The number of aliphatic hydroxyl groups is 2. The molecule has 5 heterocycles. The number of rotatable bonds is 6. The summed E-state index contributed by atoms with van der Waals surface area (Å²) in [6, 6.07) is 23.1. The summed E-state index contributed by atoms with van der Waals surface area (Å²) in [6.45, 7) is 1.14. The molecule has 0 unspecified atom stereocenters. The summed E-state index contributed by atoms with van der Waals surface area (Å²) >= 11 is 12.7. The lowest BCUT2D eigenvalue weighted by atomic mass is 9.76. The van der Waals surface area contributed by atoms with Crippen LogP contribution in [0.25, 0.3) is 0 Å². The summed E-state index contributed by atoms with van der Waals surface area (Å²) in [4.78, 5) is 35.4. The quantitative estimate of drug-likeness (QED) is 0.166. The maximum Gasteiger partial charge on any atom is 0.354 e. The zero-order chi connectivity index (χ0) is 50.8. The molecule has 3 aliphatic heterocycles. The number of amides is 1. The summed E-state index contributed by atoms with van der Waals surface area (Å²) in [7, 11) is 0. The predicted molar refractivity (Wildman–Crippen MR) is 281 cm³/mol. The molecule has 5 aliphatic carbocycles. The van der Waals surface area contributed by atoms with Gasteiger partial charge < -0.3 is 20.2 Å². The maximum absolute atomic E-state index is 13.1. The number of pyridine rings is 2. The van der Waals surface area contributed by atoms with E-state index in [1.54, 1.807) is 23.1 Å². The van der Waals surface area contributed by atoms with E-state index in [1.807, 2.05) is 42.5 Å². The Morgan fingerprint density at radius 1 is 0.562 bits per heavy atom. The molecule has 0 radical (unpaired) electrons. The van der Waals surface area contributed by atoms with Gasteiger partial charge in [0.05, 0.1) is 79.6 Å². The first-order chi connectivity index (χ1) is 35.5. The Morgan fingerprint density at radius 2 is 1.00 bits per heavy atom. The van der Waals surface area contributed by atoms with Crippen molar-refractivity contribution in [2.24, 2.45) is 33.9 Å². The van der Waals surface area contributed by atoms with Crippen molar-refractivity contribution in [1.29, 1.82) is 10.5 Å². The Labute approximate surface area is 437 Å². The Kier molecular flexibility index (Phi) is 15.5. The van der Waals surface area contributed by atoms with Gasteiger partial charge in [-0.3, -0.25) is 14.8 Å². The number of aromatic nitrogens is 2. The summed E-state index contributed by atoms with van der Waals surface area (Å²) in [5.41, 5.74) is 9.12. The molecule has 2 aromatic heterocycles. The van der Waals surface area contributed by atoms with Crippen LogP contribution in [-0.4, -0.2) is 90.9 Å². The molecule has 1 saturated heterocycles. The van der Waals surface area contributed by atoms with Crippen molar-refractivity contribution in [2.45, 2.75) is 146 Å². The lowest BCUT2D eigenvalue weighted by molar-refractivity contribution is 0.0540. The molecule has 73 heavy (non-hydrogen) atoms. The van der Waals surface area contributed by atoms with Gasteiger partial charge >= 0.3 is 5.97 Å². The van der Waals surface area contributed by atoms with Crippen molar-refractivity contribution in [3.8, 4) is 12.1 Å². The van der Waals surface area contributed by atoms with E-state index in [4.69, 9.17) is 43.5 Å². The highest BCUT2D eigenvalue weighted by Gasteiger charge is 2.48. The number of likely N-dealkylation sites (tertiary alicyclic amines) is 1. The highest BCUT2D eigenvalue weighted by Crippen LogP contribution is 2.47. The van der Waals surface area contributed by atoms with Crippen LogP contribution in [0.2, 0.25) is 10.0 Å². The fourth-order valence-corrected chi connectivity index (χ4v) is 13.3. The van der Waals surface area contributed by atoms with Crippen LogP contribution >= 0.6 is 23.2 Å². The van der Waals surface area contributed by atoms with Gasteiger partial charge in [-0.25, -0.2) is 14.8 Å². The molecule has 2 aromatic carbocycles. The van der Waals surface area contributed by atoms with Crippen LogP contribution in [0.5, 0.6) is 0 Å². The Balaban J connectivity index is 0.000000149. The number of aliphatic hydroxyl groups excluding tert-OH is 2. The van der Waals surface area contributed by atoms with Crippen LogP contribution < -0.4 is 10.0 Å². The van der Waals surface area contributed by atoms with E-state index >= 15 is 0 Å². The van der Waals surface area contributed by atoms with Gasteiger partial charge in [0.2, 0.25) is 0 Å². The van der Waals surface area contributed by atoms with Crippen LogP contribution in [-0.2, 0) is 12.8 Å². The van der Waals surface area contributed by atoms with E-state index in [9.17, 15) is 30.3 Å². The number of benzene rings is 2.